The van der Waals surface area contributed by atoms with Crippen LogP contribution in [0.1, 0.15) is 65.7 Å². The highest BCUT2D eigenvalue weighted by molar-refractivity contribution is 4.86. The number of nitrogens with one attached hydrogen (secondary N) is 1. The van der Waals surface area contributed by atoms with Gasteiger partial charge in [-0.25, -0.2) is 0 Å². The zero-order valence-electron chi connectivity index (χ0n) is 12.7. The summed E-state index contributed by atoms with van der Waals surface area (Å²) in [5.41, 5.74) is 0.600. The maximum absolute atomic E-state index is 3.93. The van der Waals surface area contributed by atoms with Gasteiger partial charge in [-0.2, -0.15) is 0 Å². The summed E-state index contributed by atoms with van der Waals surface area (Å²) < 4.78 is 0. The van der Waals surface area contributed by atoms with Gasteiger partial charge in [-0.1, -0.05) is 20.8 Å². The Kier molecular flexibility index (Phi) is 5.08. The van der Waals surface area contributed by atoms with Crippen molar-refractivity contribution in [2.24, 2.45) is 5.41 Å². The zero-order chi connectivity index (χ0) is 13.0. The summed E-state index contributed by atoms with van der Waals surface area (Å²) in [7, 11) is 0. The quantitative estimate of drug-likeness (QED) is 0.825. The van der Waals surface area contributed by atoms with E-state index in [9.17, 15) is 0 Å². The molecule has 0 aromatic carbocycles. The second-order valence-electron chi connectivity index (χ2n) is 7.22. The molecule has 2 fully saturated rings. The number of rotatable bonds is 4. The van der Waals surface area contributed by atoms with E-state index in [-0.39, 0.29) is 0 Å². The molecule has 0 aromatic heterocycles. The van der Waals surface area contributed by atoms with Crippen LogP contribution in [0.25, 0.3) is 0 Å². The highest BCUT2D eigenvalue weighted by Gasteiger charge is 2.28. The summed E-state index contributed by atoms with van der Waals surface area (Å²) in [5.74, 6) is 0. The van der Waals surface area contributed by atoms with E-state index in [1.54, 1.807) is 0 Å². The first kappa shape index (κ1) is 14.3. The Morgan fingerprint density at radius 3 is 2.11 bits per heavy atom. The van der Waals surface area contributed by atoms with Crippen LogP contribution in [0.2, 0.25) is 0 Å². The lowest BCUT2D eigenvalue weighted by Gasteiger charge is -2.39. The van der Waals surface area contributed by atoms with E-state index in [1.807, 2.05) is 0 Å². The average Bonchev–Trinajstić information content (AvgIpc) is 2.35. The standard InChI is InChI=1S/C16H32N2/c1-4-11-18-12-7-15(8-13-18)17-14-5-9-16(2,3)10-6-14/h14-15,17H,4-13H2,1-3H3. The van der Waals surface area contributed by atoms with Gasteiger partial charge in [-0.15, -0.1) is 0 Å². The molecule has 0 amide bonds. The topological polar surface area (TPSA) is 15.3 Å². The highest BCUT2D eigenvalue weighted by Crippen LogP contribution is 2.35. The Morgan fingerprint density at radius 1 is 1.00 bits per heavy atom. The molecule has 1 aliphatic carbocycles. The molecule has 2 heteroatoms. The number of hydrogen-bond acceptors (Lipinski definition) is 2. The van der Waals surface area contributed by atoms with Crippen molar-refractivity contribution >= 4 is 0 Å². The smallest absolute Gasteiger partial charge is 0.00940 e. The first-order chi connectivity index (χ1) is 8.59. The van der Waals surface area contributed by atoms with Crippen LogP contribution in [-0.2, 0) is 0 Å². The van der Waals surface area contributed by atoms with Crippen LogP contribution in [0.4, 0.5) is 0 Å². The average molecular weight is 252 g/mol. The van der Waals surface area contributed by atoms with Crippen LogP contribution >= 0.6 is 0 Å². The van der Waals surface area contributed by atoms with Crippen LogP contribution in [0.15, 0.2) is 0 Å². The molecule has 1 heterocycles. The van der Waals surface area contributed by atoms with E-state index in [2.05, 4.69) is 31.0 Å². The number of hydrogen-bond donors (Lipinski definition) is 1. The van der Waals surface area contributed by atoms with E-state index in [1.165, 1.54) is 64.6 Å². The molecule has 2 aliphatic rings. The van der Waals surface area contributed by atoms with Gasteiger partial charge >= 0.3 is 0 Å². The van der Waals surface area contributed by atoms with Gasteiger partial charge < -0.3 is 10.2 Å². The first-order valence-electron chi connectivity index (χ1n) is 8.07. The molecule has 1 N–H and O–H groups in total. The molecule has 1 saturated carbocycles. The van der Waals surface area contributed by atoms with Gasteiger partial charge in [-0.05, 0) is 70.0 Å². The van der Waals surface area contributed by atoms with E-state index in [0.29, 0.717) is 5.41 Å². The van der Waals surface area contributed by atoms with Gasteiger partial charge in [0, 0.05) is 12.1 Å². The monoisotopic (exact) mass is 252 g/mol. The molecule has 0 bridgehead atoms. The van der Waals surface area contributed by atoms with Gasteiger partial charge in [0.15, 0.2) is 0 Å². The lowest BCUT2D eigenvalue weighted by Crippen LogP contribution is -2.47. The summed E-state index contributed by atoms with van der Waals surface area (Å²) in [6, 6.07) is 1.60. The Morgan fingerprint density at radius 2 is 1.56 bits per heavy atom. The molecule has 1 saturated heterocycles. The predicted molar refractivity (Wildman–Crippen MR) is 78.9 cm³/mol. The van der Waals surface area contributed by atoms with Crippen LogP contribution in [-0.4, -0.2) is 36.6 Å². The molecule has 0 atom stereocenters. The molecule has 0 spiro atoms. The maximum atomic E-state index is 3.93. The summed E-state index contributed by atoms with van der Waals surface area (Å²) in [4.78, 5) is 2.63. The lowest BCUT2D eigenvalue weighted by atomic mass is 9.75. The molecular weight excluding hydrogens is 220 g/mol. The molecule has 0 aromatic rings. The van der Waals surface area contributed by atoms with Crippen molar-refractivity contribution in [3.63, 3.8) is 0 Å². The van der Waals surface area contributed by atoms with Crippen molar-refractivity contribution < 1.29 is 0 Å². The van der Waals surface area contributed by atoms with Crippen molar-refractivity contribution in [1.29, 1.82) is 0 Å². The van der Waals surface area contributed by atoms with E-state index in [4.69, 9.17) is 0 Å². The SMILES string of the molecule is CCCN1CCC(NC2CCC(C)(C)CC2)CC1. The maximum Gasteiger partial charge on any atom is 0.00940 e. The van der Waals surface area contributed by atoms with E-state index in [0.717, 1.165) is 12.1 Å². The molecule has 0 unspecified atom stereocenters. The number of likely N-dealkylation sites (tertiary alicyclic amines) is 1. The van der Waals surface area contributed by atoms with Gasteiger partial charge in [0.2, 0.25) is 0 Å². The van der Waals surface area contributed by atoms with E-state index < -0.39 is 0 Å². The molecule has 0 radical (unpaired) electrons. The van der Waals surface area contributed by atoms with Crippen LogP contribution < -0.4 is 5.32 Å². The fraction of sp³-hybridized carbons (Fsp3) is 1.00. The molecule has 2 rings (SSSR count). The van der Waals surface area contributed by atoms with Crippen LogP contribution in [0.5, 0.6) is 0 Å². The van der Waals surface area contributed by atoms with Crippen molar-refractivity contribution in [3.05, 3.63) is 0 Å². The van der Waals surface area contributed by atoms with Crippen LogP contribution in [0, 0.1) is 5.41 Å². The summed E-state index contributed by atoms with van der Waals surface area (Å²) in [6.45, 7) is 11.0. The largest absolute Gasteiger partial charge is 0.311 e. The fourth-order valence-corrected chi connectivity index (χ4v) is 3.54. The third-order valence-corrected chi connectivity index (χ3v) is 4.94. The summed E-state index contributed by atoms with van der Waals surface area (Å²) in [6.07, 6.45) is 9.61. The number of nitrogens with zero attached hydrogens (tertiary/aromatic N) is 1. The van der Waals surface area contributed by atoms with E-state index >= 15 is 0 Å². The Balaban J connectivity index is 1.66. The molecule has 106 valence electrons. The van der Waals surface area contributed by atoms with Crippen molar-refractivity contribution in [2.45, 2.75) is 77.8 Å². The first-order valence-corrected chi connectivity index (χ1v) is 8.07. The van der Waals surface area contributed by atoms with Gasteiger partial charge in [0.05, 0.1) is 0 Å². The third kappa shape index (κ3) is 4.24. The van der Waals surface area contributed by atoms with Gasteiger partial charge in [-0.3, -0.25) is 0 Å². The lowest BCUT2D eigenvalue weighted by molar-refractivity contribution is 0.161. The normalized spacial score (nSPS) is 27.5. The fourth-order valence-electron chi connectivity index (χ4n) is 3.54. The summed E-state index contributed by atoms with van der Waals surface area (Å²) >= 11 is 0. The zero-order valence-corrected chi connectivity index (χ0v) is 12.7. The van der Waals surface area contributed by atoms with Gasteiger partial charge in [0.1, 0.15) is 0 Å². The molecular formula is C16H32N2. The third-order valence-electron chi connectivity index (χ3n) is 4.94. The highest BCUT2D eigenvalue weighted by atomic mass is 15.1. The van der Waals surface area contributed by atoms with Gasteiger partial charge in [0.25, 0.3) is 0 Å². The molecule has 1 aliphatic heterocycles. The molecule has 18 heavy (non-hydrogen) atoms. The Bertz CT molecular complexity index is 231. The minimum atomic E-state index is 0.600. The minimum absolute atomic E-state index is 0.600. The molecule has 2 nitrogen and oxygen atoms in total. The predicted octanol–water partition coefficient (Wildman–Crippen LogP) is 3.42. The number of piperidine rings is 1. The summed E-state index contributed by atoms with van der Waals surface area (Å²) in [5, 5.41) is 3.93. The minimum Gasteiger partial charge on any atom is -0.311 e. The van der Waals surface area contributed by atoms with Crippen molar-refractivity contribution in [1.82, 2.24) is 10.2 Å². The van der Waals surface area contributed by atoms with Crippen molar-refractivity contribution in [2.75, 3.05) is 19.6 Å². The second-order valence-corrected chi connectivity index (χ2v) is 7.22. The van der Waals surface area contributed by atoms with Crippen LogP contribution in [0.3, 0.4) is 0 Å². The Hall–Kier alpha value is -0.0800. The van der Waals surface area contributed by atoms with Crippen molar-refractivity contribution in [3.8, 4) is 0 Å². The Labute approximate surface area is 114 Å². The second kappa shape index (κ2) is 6.38.